The van der Waals surface area contributed by atoms with Gasteiger partial charge in [-0.3, -0.25) is 4.79 Å². The van der Waals surface area contributed by atoms with Gasteiger partial charge in [0.25, 0.3) is 5.91 Å². The Hall–Kier alpha value is -2.96. The predicted molar refractivity (Wildman–Crippen MR) is 82.5 cm³/mol. The number of benzene rings is 1. The minimum atomic E-state index is -1.19. The van der Waals surface area contributed by atoms with Crippen molar-refractivity contribution in [1.82, 2.24) is 15.3 Å². The molecule has 0 radical (unpaired) electrons. The smallest absolute Gasteiger partial charge is 0.356 e. The number of carbonyl (C=O) groups is 2. The van der Waals surface area contributed by atoms with Gasteiger partial charge in [-0.25, -0.2) is 14.8 Å². The van der Waals surface area contributed by atoms with E-state index >= 15 is 0 Å². The molecule has 1 aromatic heterocycles. The molecule has 23 heavy (non-hydrogen) atoms. The fourth-order valence-electron chi connectivity index (χ4n) is 1.95. The van der Waals surface area contributed by atoms with Gasteiger partial charge in [-0.15, -0.1) is 0 Å². The van der Waals surface area contributed by atoms with Crippen LogP contribution in [0.1, 0.15) is 46.4 Å². The van der Waals surface area contributed by atoms with Crippen LogP contribution in [-0.2, 0) is 0 Å². The number of carboxylic acids is 1. The van der Waals surface area contributed by atoms with E-state index in [1.807, 2.05) is 38.1 Å². The monoisotopic (exact) mass is 315 g/mol. The van der Waals surface area contributed by atoms with Gasteiger partial charge in [0.05, 0.1) is 25.0 Å². The van der Waals surface area contributed by atoms with Gasteiger partial charge in [-0.1, -0.05) is 12.1 Å². The molecule has 7 heteroatoms. The number of nitrogens with one attached hydrogen (secondary N) is 1. The summed E-state index contributed by atoms with van der Waals surface area (Å²) in [6.45, 7) is 4.30. The molecule has 0 fully saturated rings. The Balaban J connectivity index is 2.07. The number of nitrogens with zero attached hydrogens (tertiary/aromatic N) is 2. The minimum absolute atomic E-state index is 0.0582. The highest BCUT2D eigenvalue weighted by atomic mass is 16.5. The van der Waals surface area contributed by atoms with Gasteiger partial charge in [-0.2, -0.15) is 0 Å². The van der Waals surface area contributed by atoms with Gasteiger partial charge in [0.15, 0.2) is 5.69 Å². The van der Waals surface area contributed by atoms with Gasteiger partial charge in [0.2, 0.25) is 0 Å². The number of rotatable bonds is 6. The first-order valence-corrected chi connectivity index (χ1v) is 7.10. The number of hydrogen-bond donors (Lipinski definition) is 2. The zero-order chi connectivity index (χ0) is 16.8. The molecule has 0 aliphatic rings. The Morgan fingerprint density at radius 3 is 2.57 bits per heavy atom. The molecule has 2 rings (SSSR count). The standard InChI is InChI=1S/C16H17N3O4/c1-3-23-12-6-4-5-11(7-12)10(2)19-15(20)13-8-18-14(9-17-13)16(21)22/h4-10H,3H2,1-2H3,(H,19,20)(H,21,22). The van der Waals surface area contributed by atoms with Crippen LogP contribution >= 0.6 is 0 Å². The molecule has 1 atom stereocenters. The molecule has 0 bridgehead atoms. The van der Waals surface area contributed by atoms with E-state index in [0.29, 0.717) is 6.61 Å². The molecule has 2 N–H and O–H groups in total. The van der Waals surface area contributed by atoms with Crippen molar-refractivity contribution in [2.24, 2.45) is 0 Å². The summed E-state index contributed by atoms with van der Waals surface area (Å²) in [5.74, 6) is -0.883. The lowest BCUT2D eigenvalue weighted by Crippen LogP contribution is -2.27. The minimum Gasteiger partial charge on any atom is -0.494 e. The molecule has 0 saturated carbocycles. The van der Waals surface area contributed by atoms with Crippen LogP contribution in [0.3, 0.4) is 0 Å². The topological polar surface area (TPSA) is 101 Å². The summed E-state index contributed by atoms with van der Waals surface area (Å²) in [5.41, 5.74) is 0.737. The summed E-state index contributed by atoms with van der Waals surface area (Å²) >= 11 is 0. The third-order valence-electron chi connectivity index (χ3n) is 3.12. The zero-order valence-corrected chi connectivity index (χ0v) is 12.8. The largest absolute Gasteiger partial charge is 0.494 e. The summed E-state index contributed by atoms with van der Waals surface area (Å²) in [7, 11) is 0. The van der Waals surface area contributed by atoms with Crippen LogP contribution in [0, 0.1) is 0 Å². The zero-order valence-electron chi connectivity index (χ0n) is 12.8. The second kappa shape index (κ2) is 7.35. The van der Waals surface area contributed by atoms with E-state index in [0.717, 1.165) is 23.7 Å². The van der Waals surface area contributed by atoms with Gasteiger partial charge >= 0.3 is 5.97 Å². The molecule has 1 amide bonds. The van der Waals surface area contributed by atoms with Crippen LogP contribution in [0.5, 0.6) is 5.75 Å². The maximum Gasteiger partial charge on any atom is 0.356 e. The van der Waals surface area contributed by atoms with Crippen molar-refractivity contribution in [2.75, 3.05) is 6.61 Å². The Morgan fingerprint density at radius 1 is 1.26 bits per heavy atom. The third-order valence-corrected chi connectivity index (χ3v) is 3.12. The first-order chi connectivity index (χ1) is 11.0. The van der Waals surface area contributed by atoms with Crippen LogP contribution in [0.4, 0.5) is 0 Å². The number of ether oxygens (including phenoxy) is 1. The lowest BCUT2D eigenvalue weighted by Gasteiger charge is -2.15. The van der Waals surface area contributed by atoms with Crippen LogP contribution in [-0.4, -0.2) is 33.6 Å². The predicted octanol–water partition coefficient (Wildman–Crippen LogP) is 2.06. The van der Waals surface area contributed by atoms with Crippen molar-refractivity contribution in [2.45, 2.75) is 19.9 Å². The van der Waals surface area contributed by atoms with E-state index in [2.05, 4.69) is 15.3 Å². The number of hydrogen-bond acceptors (Lipinski definition) is 5. The molecule has 7 nitrogen and oxygen atoms in total. The van der Waals surface area contributed by atoms with E-state index < -0.39 is 11.9 Å². The summed E-state index contributed by atoms with van der Waals surface area (Å²) in [4.78, 5) is 30.3. The molecular formula is C16H17N3O4. The van der Waals surface area contributed by atoms with Crippen LogP contribution in [0.2, 0.25) is 0 Å². The van der Waals surface area contributed by atoms with Crippen molar-refractivity contribution in [3.05, 3.63) is 53.6 Å². The van der Waals surface area contributed by atoms with E-state index in [-0.39, 0.29) is 17.4 Å². The van der Waals surface area contributed by atoms with E-state index in [9.17, 15) is 9.59 Å². The molecule has 0 saturated heterocycles. The second-order valence-corrected chi connectivity index (χ2v) is 4.79. The van der Waals surface area contributed by atoms with Crippen molar-refractivity contribution in [1.29, 1.82) is 0 Å². The van der Waals surface area contributed by atoms with Crippen molar-refractivity contribution >= 4 is 11.9 Å². The van der Waals surface area contributed by atoms with Crippen LogP contribution < -0.4 is 10.1 Å². The van der Waals surface area contributed by atoms with Crippen LogP contribution in [0.15, 0.2) is 36.7 Å². The van der Waals surface area contributed by atoms with Crippen molar-refractivity contribution in [3.8, 4) is 5.75 Å². The van der Waals surface area contributed by atoms with Gasteiger partial charge in [0.1, 0.15) is 11.4 Å². The molecule has 0 aliphatic carbocycles. The number of aromatic carboxylic acids is 1. The molecular weight excluding hydrogens is 298 g/mol. The highest BCUT2D eigenvalue weighted by Gasteiger charge is 2.14. The molecule has 2 aromatic rings. The van der Waals surface area contributed by atoms with E-state index in [1.165, 1.54) is 0 Å². The lowest BCUT2D eigenvalue weighted by molar-refractivity contribution is 0.0689. The number of carboxylic acid groups (broad SMARTS) is 1. The average Bonchev–Trinajstić information content (AvgIpc) is 2.55. The normalized spacial score (nSPS) is 11.6. The van der Waals surface area contributed by atoms with Gasteiger partial charge in [0, 0.05) is 0 Å². The maximum absolute atomic E-state index is 12.1. The molecule has 120 valence electrons. The molecule has 0 spiro atoms. The Kier molecular flexibility index (Phi) is 5.24. The fourth-order valence-corrected chi connectivity index (χ4v) is 1.95. The summed E-state index contributed by atoms with van der Waals surface area (Å²) in [6.07, 6.45) is 2.19. The second-order valence-electron chi connectivity index (χ2n) is 4.79. The Bertz CT molecular complexity index is 701. The van der Waals surface area contributed by atoms with Crippen molar-refractivity contribution < 1.29 is 19.4 Å². The van der Waals surface area contributed by atoms with Gasteiger partial charge < -0.3 is 15.2 Å². The SMILES string of the molecule is CCOc1cccc(C(C)NC(=O)c2cnc(C(=O)O)cn2)c1. The fraction of sp³-hybridized carbons (Fsp3) is 0.250. The average molecular weight is 315 g/mol. The Labute approximate surface area is 133 Å². The molecule has 0 aliphatic heterocycles. The highest BCUT2D eigenvalue weighted by molar-refractivity contribution is 5.93. The summed E-state index contributed by atoms with van der Waals surface area (Å²) in [5, 5.41) is 11.5. The van der Waals surface area contributed by atoms with Gasteiger partial charge in [-0.05, 0) is 31.5 Å². The number of aromatic nitrogens is 2. The first-order valence-electron chi connectivity index (χ1n) is 7.10. The molecule has 1 unspecified atom stereocenters. The van der Waals surface area contributed by atoms with Crippen molar-refractivity contribution in [3.63, 3.8) is 0 Å². The summed E-state index contributed by atoms with van der Waals surface area (Å²) in [6, 6.07) is 7.17. The van der Waals surface area contributed by atoms with E-state index in [4.69, 9.17) is 9.84 Å². The number of amides is 1. The van der Waals surface area contributed by atoms with Crippen LogP contribution in [0.25, 0.3) is 0 Å². The molecule has 1 heterocycles. The molecule has 1 aromatic carbocycles. The highest BCUT2D eigenvalue weighted by Crippen LogP contribution is 2.19. The Morgan fingerprint density at radius 2 is 1.96 bits per heavy atom. The third kappa shape index (κ3) is 4.26. The lowest BCUT2D eigenvalue weighted by atomic mass is 10.1. The maximum atomic E-state index is 12.1. The summed E-state index contributed by atoms with van der Waals surface area (Å²) < 4.78 is 5.43. The first kappa shape index (κ1) is 16.4. The quantitative estimate of drug-likeness (QED) is 0.846. The number of carbonyl (C=O) groups excluding carboxylic acids is 1. The van der Waals surface area contributed by atoms with E-state index in [1.54, 1.807) is 0 Å².